The van der Waals surface area contributed by atoms with E-state index in [2.05, 4.69) is 4.72 Å². The van der Waals surface area contributed by atoms with Crippen LogP contribution in [0.1, 0.15) is 11.1 Å². The minimum atomic E-state index is -2.05. The van der Waals surface area contributed by atoms with Crippen LogP contribution in [-0.2, 0) is 11.0 Å². The highest BCUT2D eigenvalue weighted by Gasteiger charge is 2.17. The number of benzene rings is 2. The molecule has 2 rings (SSSR count). The first-order valence-corrected chi connectivity index (χ1v) is 7.42. The average Bonchev–Trinajstić information content (AvgIpc) is 2.37. The number of halogens is 4. The van der Waals surface area contributed by atoms with Crippen molar-refractivity contribution in [3.63, 3.8) is 0 Å². The zero-order chi connectivity index (χ0) is 15.7. The van der Waals surface area contributed by atoms with Crippen LogP contribution >= 0.6 is 11.6 Å². The first kappa shape index (κ1) is 15.9. The van der Waals surface area contributed by atoms with Gasteiger partial charge in [-0.1, -0.05) is 11.6 Å². The second-order valence-electron chi connectivity index (χ2n) is 4.49. The molecular formula is C14H11ClF3NOS. The normalized spacial score (nSPS) is 12.3. The fourth-order valence-corrected chi connectivity index (χ4v) is 3.12. The van der Waals surface area contributed by atoms with Gasteiger partial charge in [-0.3, -0.25) is 4.72 Å². The predicted molar refractivity (Wildman–Crippen MR) is 77.3 cm³/mol. The molecule has 7 heteroatoms. The van der Waals surface area contributed by atoms with Gasteiger partial charge in [-0.05, 0) is 49.2 Å². The SMILES string of the molecule is Cc1cc(F)c(NS(=O)c2cc(F)cc(Cl)c2C)c(F)c1. The number of rotatable bonds is 3. The van der Waals surface area contributed by atoms with Gasteiger partial charge in [0.1, 0.15) is 11.5 Å². The van der Waals surface area contributed by atoms with Crippen molar-refractivity contribution in [3.8, 4) is 0 Å². The van der Waals surface area contributed by atoms with Crippen molar-refractivity contribution in [1.82, 2.24) is 0 Å². The van der Waals surface area contributed by atoms with Crippen LogP contribution in [0.2, 0.25) is 5.02 Å². The van der Waals surface area contributed by atoms with E-state index in [0.717, 1.165) is 24.3 Å². The molecule has 1 unspecified atom stereocenters. The molecule has 0 radical (unpaired) electrons. The van der Waals surface area contributed by atoms with Gasteiger partial charge in [-0.2, -0.15) is 0 Å². The van der Waals surface area contributed by atoms with Crippen LogP contribution in [0, 0.1) is 31.3 Å². The molecule has 0 spiro atoms. The number of hydrogen-bond donors (Lipinski definition) is 1. The van der Waals surface area contributed by atoms with E-state index in [1.54, 1.807) is 6.92 Å². The Hall–Kier alpha value is -1.53. The Balaban J connectivity index is 2.40. The van der Waals surface area contributed by atoms with Crippen LogP contribution in [0.5, 0.6) is 0 Å². The quantitative estimate of drug-likeness (QED) is 0.879. The van der Waals surface area contributed by atoms with Crippen molar-refractivity contribution in [2.24, 2.45) is 0 Å². The van der Waals surface area contributed by atoms with E-state index in [4.69, 9.17) is 11.6 Å². The number of nitrogens with one attached hydrogen (secondary N) is 1. The van der Waals surface area contributed by atoms with Crippen molar-refractivity contribution in [3.05, 3.63) is 57.9 Å². The fourth-order valence-electron chi connectivity index (χ4n) is 1.76. The lowest BCUT2D eigenvalue weighted by molar-refractivity contribution is 0.589. The van der Waals surface area contributed by atoms with Gasteiger partial charge < -0.3 is 0 Å². The summed E-state index contributed by atoms with van der Waals surface area (Å²) in [6, 6.07) is 4.29. The van der Waals surface area contributed by atoms with Gasteiger partial charge in [0.25, 0.3) is 0 Å². The summed E-state index contributed by atoms with van der Waals surface area (Å²) in [7, 11) is -2.05. The van der Waals surface area contributed by atoms with Crippen molar-refractivity contribution < 1.29 is 17.4 Å². The van der Waals surface area contributed by atoms with Gasteiger partial charge in [-0.15, -0.1) is 0 Å². The third-order valence-electron chi connectivity index (χ3n) is 2.84. The second-order valence-corrected chi connectivity index (χ2v) is 6.07. The Morgan fingerprint density at radius 3 is 2.19 bits per heavy atom. The summed E-state index contributed by atoms with van der Waals surface area (Å²) in [6.07, 6.45) is 0. The Morgan fingerprint density at radius 2 is 1.62 bits per heavy atom. The molecule has 0 heterocycles. The highest BCUT2D eigenvalue weighted by atomic mass is 35.5. The number of hydrogen-bond acceptors (Lipinski definition) is 1. The Kier molecular flexibility index (Phi) is 4.58. The molecule has 21 heavy (non-hydrogen) atoms. The second kappa shape index (κ2) is 6.07. The Bertz CT molecular complexity index is 713. The Morgan fingerprint density at radius 1 is 1.05 bits per heavy atom. The molecule has 2 nitrogen and oxygen atoms in total. The van der Waals surface area contributed by atoms with Gasteiger partial charge in [0.15, 0.2) is 22.6 Å². The van der Waals surface area contributed by atoms with Crippen LogP contribution in [-0.4, -0.2) is 4.21 Å². The molecule has 0 bridgehead atoms. The fraction of sp³-hybridized carbons (Fsp3) is 0.143. The van der Waals surface area contributed by atoms with Gasteiger partial charge in [-0.25, -0.2) is 17.4 Å². The molecular weight excluding hydrogens is 323 g/mol. The van der Waals surface area contributed by atoms with Crippen LogP contribution in [0.15, 0.2) is 29.2 Å². The summed E-state index contributed by atoms with van der Waals surface area (Å²) in [5.74, 6) is -2.43. The van der Waals surface area contributed by atoms with E-state index in [0.29, 0.717) is 11.1 Å². The lowest BCUT2D eigenvalue weighted by Crippen LogP contribution is -2.10. The van der Waals surface area contributed by atoms with Crippen LogP contribution < -0.4 is 4.72 Å². The van der Waals surface area contributed by atoms with Crippen molar-refractivity contribution >= 4 is 28.3 Å². The van der Waals surface area contributed by atoms with E-state index in [1.807, 2.05) is 0 Å². The number of aryl methyl sites for hydroxylation is 1. The maximum absolute atomic E-state index is 13.7. The van der Waals surface area contributed by atoms with Crippen molar-refractivity contribution in [2.45, 2.75) is 18.7 Å². The summed E-state index contributed by atoms with van der Waals surface area (Å²) in [5, 5.41) is 0.0880. The highest BCUT2D eigenvalue weighted by molar-refractivity contribution is 7.86. The largest absolute Gasteiger partial charge is 0.296 e. The molecule has 0 aliphatic heterocycles. The molecule has 2 aromatic carbocycles. The molecule has 0 aliphatic carbocycles. The van der Waals surface area contributed by atoms with Crippen LogP contribution in [0.3, 0.4) is 0 Å². The first-order valence-electron chi connectivity index (χ1n) is 5.89. The average molecular weight is 334 g/mol. The third kappa shape index (κ3) is 3.39. The van der Waals surface area contributed by atoms with Gasteiger partial charge in [0.05, 0.1) is 4.90 Å². The summed E-state index contributed by atoms with van der Waals surface area (Å²) < 4.78 is 55.1. The molecule has 0 saturated heterocycles. The summed E-state index contributed by atoms with van der Waals surface area (Å²) in [4.78, 5) is 0.0272. The molecule has 0 aliphatic rings. The van der Waals surface area contributed by atoms with Crippen molar-refractivity contribution in [2.75, 3.05) is 4.72 Å². The van der Waals surface area contributed by atoms with Gasteiger partial charge in [0, 0.05) is 5.02 Å². The summed E-state index contributed by atoms with van der Waals surface area (Å²) in [5.41, 5.74) is 0.238. The molecule has 1 atom stereocenters. The topological polar surface area (TPSA) is 29.1 Å². The van der Waals surface area contributed by atoms with Crippen LogP contribution in [0.25, 0.3) is 0 Å². The molecule has 0 fully saturated rings. The standard InChI is InChI=1S/C14H11ClF3NOS/c1-7-3-11(17)14(12(18)4-7)19-21(20)13-6-9(16)5-10(15)8(13)2/h3-6,19H,1-2H3. The lowest BCUT2D eigenvalue weighted by Gasteiger charge is -2.11. The molecule has 0 aromatic heterocycles. The first-order chi connectivity index (χ1) is 9.79. The number of anilines is 1. The third-order valence-corrected chi connectivity index (χ3v) is 4.45. The maximum Gasteiger partial charge on any atom is 0.150 e. The van der Waals surface area contributed by atoms with E-state index in [9.17, 15) is 17.4 Å². The summed E-state index contributed by atoms with van der Waals surface area (Å²) in [6.45, 7) is 3.07. The van der Waals surface area contributed by atoms with E-state index in [-0.39, 0.29) is 9.92 Å². The van der Waals surface area contributed by atoms with E-state index < -0.39 is 34.1 Å². The van der Waals surface area contributed by atoms with Gasteiger partial charge in [0.2, 0.25) is 0 Å². The monoisotopic (exact) mass is 333 g/mol. The molecule has 0 amide bonds. The predicted octanol–water partition coefficient (Wildman–Crippen LogP) is 4.51. The van der Waals surface area contributed by atoms with Gasteiger partial charge >= 0.3 is 0 Å². The maximum atomic E-state index is 13.7. The van der Waals surface area contributed by atoms with Crippen molar-refractivity contribution in [1.29, 1.82) is 0 Å². The minimum absolute atomic E-state index is 0.0272. The zero-order valence-corrected chi connectivity index (χ0v) is 12.7. The summed E-state index contributed by atoms with van der Waals surface area (Å²) >= 11 is 5.80. The molecule has 0 saturated carbocycles. The lowest BCUT2D eigenvalue weighted by atomic mass is 10.2. The Labute approximate surface area is 127 Å². The van der Waals surface area contributed by atoms with E-state index in [1.165, 1.54) is 6.92 Å². The molecule has 1 N–H and O–H groups in total. The minimum Gasteiger partial charge on any atom is -0.296 e. The molecule has 112 valence electrons. The van der Waals surface area contributed by atoms with Crippen LogP contribution in [0.4, 0.5) is 18.9 Å². The van der Waals surface area contributed by atoms with E-state index >= 15 is 0 Å². The molecule has 2 aromatic rings. The smallest absolute Gasteiger partial charge is 0.150 e. The zero-order valence-electron chi connectivity index (χ0n) is 11.1. The highest BCUT2D eigenvalue weighted by Crippen LogP contribution is 2.26.